The SMILES string of the molecule is Cc1ccc(C(CSc2ccccc2C)NN)s1. The minimum Gasteiger partial charge on any atom is -0.271 e. The molecule has 1 aromatic heterocycles. The molecule has 2 nitrogen and oxygen atoms in total. The highest BCUT2D eigenvalue weighted by molar-refractivity contribution is 7.99. The van der Waals surface area contributed by atoms with Crippen molar-refractivity contribution in [2.45, 2.75) is 24.8 Å². The maximum absolute atomic E-state index is 5.66. The van der Waals surface area contributed by atoms with Crippen molar-refractivity contribution in [3.63, 3.8) is 0 Å². The highest BCUT2D eigenvalue weighted by atomic mass is 32.2. The van der Waals surface area contributed by atoms with Crippen molar-refractivity contribution in [3.8, 4) is 0 Å². The average Bonchev–Trinajstić information content (AvgIpc) is 2.79. The number of aryl methyl sites for hydroxylation is 2. The Balaban J connectivity index is 2.02. The monoisotopic (exact) mass is 278 g/mol. The van der Waals surface area contributed by atoms with Crippen LogP contribution in [0.3, 0.4) is 0 Å². The van der Waals surface area contributed by atoms with Gasteiger partial charge in [0.25, 0.3) is 0 Å². The Morgan fingerprint density at radius 2 is 2.00 bits per heavy atom. The van der Waals surface area contributed by atoms with Crippen LogP contribution in [0.15, 0.2) is 41.3 Å². The first-order chi connectivity index (χ1) is 8.70. The lowest BCUT2D eigenvalue weighted by Gasteiger charge is -2.14. The minimum atomic E-state index is 0.216. The summed E-state index contributed by atoms with van der Waals surface area (Å²) in [5.41, 5.74) is 4.23. The van der Waals surface area contributed by atoms with E-state index in [9.17, 15) is 0 Å². The van der Waals surface area contributed by atoms with Gasteiger partial charge in [0, 0.05) is 20.4 Å². The van der Waals surface area contributed by atoms with E-state index in [2.05, 4.69) is 55.7 Å². The van der Waals surface area contributed by atoms with Gasteiger partial charge < -0.3 is 0 Å². The van der Waals surface area contributed by atoms with E-state index in [0.717, 1.165) is 5.75 Å². The van der Waals surface area contributed by atoms with Gasteiger partial charge in [-0.25, -0.2) is 0 Å². The summed E-state index contributed by atoms with van der Waals surface area (Å²) in [6.45, 7) is 4.26. The lowest BCUT2D eigenvalue weighted by atomic mass is 10.2. The molecule has 1 unspecified atom stereocenters. The number of hydrazine groups is 1. The van der Waals surface area contributed by atoms with Crippen molar-refractivity contribution in [2.75, 3.05) is 5.75 Å². The van der Waals surface area contributed by atoms with Gasteiger partial charge in [-0.1, -0.05) is 18.2 Å². The minimum absolute atomic E-state index is 0.216. The molecule has 0 amide bonds. The number of benzene rings is 1. The molecule has 1 aromatic carbocycles. The van der Waals surface area contributed by atoms with Crippen LogP contribution in [0.5, 0.6) is 0 Å². The molecule has 96 valence electrons. The molecule has 0 radical (unpaired) electrons. The van der Waals surface area contributed by atoms with Crippen molar-refractivity contribution in [1.29, 1.82) is 0 Å². The van der Waals surface area contributed by atoms with Gasteiger partial charge in [-0.2, -0.15) is 0 Å². The number of hydrogen-bond acceptors (Lipinski definition) is 4. The Morgan fingerprint density at radius 1 is 1.22 bits per heavy atom. The molecule has 2 aromatic rings. The zero-order valence-electron chi connectivity index (χ0n) is 10.6. The van der Waals surface area contributed by atoms with Gasteiger partial charge in [-0.05, 0) is 37.6 Å². The Morgan fingerprint density at radius 3 is 2.61 bits per heavy atom. The third-order valence-corrected chi connectivity index (χ3v) is 5.19. The molecular weight excluding hydrogens is 260 g/mol. The third kappa shape index (κ3) is 3.36. The van der Waals surface area contributed by atoms with Crippen LogP contribution in [0.4, 0.5) is 0 Å². The molecule has 0 saturated carbocycles. The zero-order chi connectivity index (χ0) is 13.0. The second-order valence-electron chi connectivity index (χ2n) is 4.24. The Hall–Kier alpha value is -0.810. The molecule has 0 bridgehead atoms. The second kappa shape index (κ2) is 6.38. The van der Waals surface area contributed by atoms with Gasteiger partial charge >= 0.3 is 0 Å². The van der Waals surface area contributed by atoms with Crippen LogP contribution in [0, 0.1) is 13.8 Å². The number of rotatable bonds is 5. The van der Waals surface area contributed by atoms with E-state index >= 15 is 0 Å². The summed E-state index contributed by atoms with van der Waals surface area (Å²) in [6, 6.07) is 13.0. The standard InChI is InChI=1S/C14H18N2S2/c1-10-5-3-4-6-13(10)17-9-12(16-15)14-8-7-11(2)18-14/h3-8,12,16H,9,15H2,1-2H3. The highest BCUT2D eigenvalue weighted by Crippen LogP contribution is 2.29. The van der Waals surface area contributed by atoms with Gasteiger partial charge in [-0.3, -0.25) is 11.3 Å². The van der Waals surface area contributed by atoms with Crippen LogP contribution < -0.4 is 11.3 Å². The number of thiophene rings is 1. The van der Waals surface area contributed by atoms with E-state index in [1.165, 1.54) is 20.2 Å². The summed E-state index contributed by atoms with van der Waals surface area (Å²) < 4.78 is 0. The van der Waals surface area contributed by atoms with Crippen LogP contribution in [-0.2, 0) is 0 Å². The van der Waals surface area contributed by atoms with E-state index < -0.39 is 0 Å². The fourth-order valence-corrected chi connectivity index (χ4v) is 3.88. The van der Waals surface area contributed by atoms with Crippen LogP contribution in [0.2, 0.25) is 0 Å². The summed E-state index contributed by atoms with van der Waals surface area (Å²) in [5.74, 6) is 6.61. The van der Waals surface area contributed by atoms with Gasteiger partial charge in [0.1, 0.15) is 0 Å². The summed E-state index contributed by atoms with van der Waals surface area (Å²) in [5, 5.41) is 0. The molecule has 1 atom stereocenters. The Labute approximate surface area is 117 Å². The summed E-state index contributed by atoms with van der Waals surface area (Å²) in [7, 11) is 0. The zero-order valence-corrected chi connectivity index (χ0v) is 12.3. The molecular formula is C14H18N2S2. The predicted molar refractivity (Wildman–Crippen MR) is 81.0 cm³/mol. The van der Waals surface area contributed by atoms with Crippen LogP contribution in [0.25, 0.3) is 0 Å². The number of nitrogens with two attached hydrogens (primary N) is 1. The molecule has 2 rings (SSSR count). The first-order valence-electron chi connectivity index (χ1n) is 5.91. The normalized spacial score (nSPS) is 12.6. The summed E-state index contributed by atoms with van der Waals surface area (Å²) in [4.78, 5) is 3.95. The van der Waals surface area contributed by atoms with Crippen molar-refractivity contribution < 1.29 is 0 Å². The van der Waals surface area contributed by atoms with Gasteiger partial charge in [0.2, 0.25) is 0 Å². The maximum atomic E-state index is 5.66. The molecule has 0 spiro atoms. The lowest BCUT2D eigenvalue weighted by Crippen LogP contribution is -2.29. The van der Waals surface area contributed by atoms with E-state index in [4.69, 9.17) is 5.84 Å². The molecule has 0 aliphatic rings. The first-order valence-corrected chi connectivity index (χ1v) is 7.72. The fourth-order valence-electron chi connectivity index (χ4n) is 1.74. The van der Waals surface area contributed by atoms with E-state index in [1.54, 1.807) is 11.3 Å². The Bertz CT molecular complexity index is 508. The largest absolute Gasteiger partial charge is 0.271 e. The smallest absolute Gasteiger partial charge is 0.0647 e. The van der Waals surface area contributed by atoms with Gasteiger partial charge in [-0.15, -0.1) is 23.1 Å². The molecule has 18 heavy (non-hydrogen) atoms. The molecule has 3 N–H and O–H groups in total. The molecule has 0 aliphatic carbocycles. The summed E-state index contributed by atoms with van der Waals surface area (Å²) >= 11 is 3.65. The molecule has 4 heteroatoms. The third-order valence-electron chi connectivity index (χ3n) is 2.80. The number of nitrogens with one attached hydrogen (secondary N) is 1. The first kappa shape index (κ1) is 13.6. The van der Waals surface area contributed by atoms with Crippen LogP contribution >= 0.6 is 23.1 Å². The number of hydrogen-bond donors (Lipinski definition) is 2. The topological polar surface area (TPSA) is 38.0 Å². The van der Waals surface area contributed by atoms with Crippen molar-refractivity contribution in [3.05, 3.63) is 51.7 Å². The highest BCUT2D eigenvalue weighted by Gasteiger charge is 2.12. The van der Waals surface area contributed by atoms with Gasteiger partial charge in [0.05, 0.1) is 6.04 Å². The Kier molecular flexibility index (Phi) is 4.83. The van der Waals surface area contributed by atoms with Crippen molar-refractivity contribution >= 4 is 23.1 Å². The second-order valence-corrected chi connectivity index (χ2v) is 6.63. The molecule has 0 fully saturated rings. The molecule has 1 heterocycles. The van der Waals surface area contributed by atoms with Crippen LogP contribution in [-0.4, -0.2) is 5.75 Å². The quantitative estimate of drug-likeness (QED) is 0.498. The lowest BCUT2D eigenvalue weighted by molar-refractivity contribution is 0.620. The van der Waals surface area contributed by atoms with Gasteiger partial charge in [0.15, 0.2) is 0 Å². The molecule has 0 saturated heterocycles. The van der Waals surface area contributed by atoms with Crippen molar-refractivity contribution in [2.24, 2.45) is 5.84 Å². The van der Waals surface area contributed by atoms with E-state index in [0.29, 0.717) is 0 Å². The fraction of sp³-hybridized carbons (Fsp3) is 0.286. The molecule has 0 aliphatic heterocycles. The van der Waals surface area contributed by atoms with Crippen LogP contribution in [0.1, 0.15) is 21.4 Å². The number of thioether (sulfide) groups is 1. The van der Waals surface area contributed by atoms with E-state index in [1.807, 2.05) is 11.8 Å². The summed E-state index contributed by atoms with van der Waals surface area (Å²) in [6.07, 6.45) is 0. The van der Waals surface area contributed by atoms with Crippen molar-refractivity contribution in [1.82, 2.24) is 5.43 Å². The predicted octanol–water partition coefficient (Wildman–Crippen LogP) is 3.66. The average molecular weight is 278 g/mol. The maximum Gasteiger partial charge on any atom is 0.0647 e. The van der Waals surface area contributed by atoms with E-state index in [-0.39, 0.29) is 6.04 Å².